The van der Waals surface area contributed by atoms with Crippen molar-refractivity contribution in [2.24, 2.45) is 0 Å². The molecule has 0 unspecified atom stereocenters. The third-order valence-electron chi connectivity index (χ3n) is 13.9. The van der Waals surface area contributed by atoms with Crippen molar-refractivity contribution in [1.82, 2.24) is 4.57 Å². The van der Waals surface area contributed by atoms with Gasteiger partial charge in [0.05, 0.1) is 11.0 Å². The predicted molar refractivity (Wildman–Crippen MR) is 293 cm³/mol. The van der Waals surface area contributed by atoms with Crippen LogP contribution in [0.3, 0.4) is 0 Å². The fourth-order valence-corrected chi connectivity index (χ4v) is 12.3. The highest BCUT2D eigenvalue weighted by Gasteiger charge is 2.23. The van der Waals surface area contributed by atoms with Gasteiger partial charge in [0.2, 0.25) is 0 Å². The maximum atomic E-state index is 4.45. The largest absolute Gasteiger partial charge is 0.309 e. The summed E-state index contributed by atoms with van der Waals surface area (Å²) >= 11 is 1.89. The van der Waals surface area contributed by atoms with E-state index in [1.54, 1.807) is 0 Å². The Morgan fingerprint density at radius 1 is 0.388 bits per heavy atom. The first-order valence-electron chi connectivity index (χ1n) is 23.1. The average Bonchev–Trinajstić information content (AvgIpc) is 3.93. The topological polar surface area (TPSA) is 4.93 Å². The first-order chi connectivity index (χ1) is 33.2. The summed E-state index contributed by atoms with van der Waals surface area (Å²) in [6.45, 7) is 6.56. The first-order valence-corrected chi connectivity index (χ1v) is 23.9. The standard InChI is InChI=1S/C65H43NS/c1-3-20-48-45(4-2)64(54-31-16-15-30-53(54)61(48)41-21-7-5-8-22-41)56-33-19-32-55-57-39-42(36-38-60(57)67-65(55)56)62-49-26-11-13-28-51(49)63(52-29-14-12-27-50(52)62)43-35-37-47-46-25-17-18-34-58(46)66(59(47)40-43)44-23-9-6-10-24-44/h3-40H,2H2,1H3/b20-3-. The van der Waals surface area contributed by atoms with E-state index in [0.29, 0.717) is 0 Å². The van der Waals surface area contributed by atoms with Crippen LogP contribution in [0.4, 0.5) is 0 Å². The fourth-order valence-electron chi connectivity index (χ4n) is 11.1. The van der Waals surface area contributed by atoms with E-state index in [9.17, 15) is 0 Å². The summed E-state index contributed by atoms with van der Waals surface area (Å²) in [5.74, 6) is 0. The molecule has 0 saturated carbocycles. The van der Waals surface area contributed by atoms with Gasteiger partial charge in [0.25, 0.3) is 0 Å². The van der Waals surface area contributed by atoms with Gasteiger partial charge in [0.1, 0.15) is 0 Å². The predicted octanol–water partition coefficient (Wildman–Crippen LogP) is 19.0. The lowest BCUT2D eigenvalue weighted by molar-refractivity contribution is 1.18. The molecule has 0 atom stereocenters. The van der Waals surface area contributed by atoms with E-state index in [0.717, 1.165) is 11.3 Å². The maximum Gasteiger partial charge on any atom is 0.0547 e. The molecule has 2 heteroatoms. The lowest BCUT2D eigenvalue weighted by Gasteiger charge is -2.20. The highest BCUT2D eigenvalue weighted by molar-refractivity contribution is 7.26. The minimum absolute atomic E-state index is 1.15. The third-order valence-corrected chi connectivity index (χ3v) is 15.1. The first kappa shape index (κ1) is 39.1. The third kappa shape index (κ3) is 6.00. The molecule has 67 heavy (non-hydrogen) atoms. The van der Waals surface area contributed by atoms with Gasteiger partial charge in [0, 0.05) is 42.2 Å². The van der Waals surface area contributed by atoms with Crippen LogP contribution in [0.1, 0.15) is 18.1 Å². The van der Waals surface area contributed by atoms with Crippen molar-refractivity contribution in [3.8, 4) is 50.2 Å². The van der Waals surface area contributed by atoms with Gasteiger partial charge >= 0.3 is 0 Å². The van der Waals surface area contributed by atoms with Crippen LogP contribution in [0, 0.1) is 0 Å². The summed E-state index contributed by atoms with van der Waals surface area (Å²) in [6, 6.07) is 78.3. The van der Waals surface area contributed by atoms with E-state index in [2.05, 4.69) is 249 Å². The van der Waals surface area contributed by atoms with Crippen molar-refractivity contribution < 1.29 is 0 Å². The van der Waals surface area contributed by atoms with Gasteiger partial charge in [0.15, 0.2) is 0 Å². The maximum absolute atomic E-state index is 4.45. The van der Waals surface area contributed by atoms with Crippen LogP contribution in [0.25, 0.3) is 137 Å². The van der Waals surface area contributed by atoms with Crippen LogP contribution < -0.4 is 0 Å². The highest BCUT2D eigenvalue weighted by atomic mass is 32.1. The van der Waals surface area contributed by atoms with Crippen LogP contribution in [0.5, 0.6) is 0 Å². The minimum Gasteiger partial charge on any atom is -0.309 e. The van der Waals surface area contributed by atoms with Crippen molar-refractivity contribution in [2.75, 3.05) is 0 Å². The average molecular weight is 870 g/mol. The molecule has 314 valence electrons. The summed E-state index contributed by atoms with van der Waals surface area (Å²) < 4.78 is 4.98. The monoisotopic (exact) mass is 869 g/mol. The number of hydrogen-bond donors (Lipinski definition) is 0. The molecule has 0 saturated heterocycles. The lowest BCUT2D eigenvalue weighted by atomic mass is 9.83. The van der Waals surface area contributed by atoms with Crippen LogP contribution in [0.2, 0.25) is 0 Å². The Balaban J connectivity index is 1.03. The molecular formula is C65H43NS. The van der Waals surface area contributed by atoms with Gasteiger partial charge in [-0.15, -0.1) is 11.3 Å². The van der Waals surface area contributed by atoms with Crippen molar-refractivity contribution in [2.45, 2.75) is 6.92 Å². The molecule has 0 amide bonds. The summed E-state index contributed by atoms with van der Waals surface area (Å²) in [5, 5.41) is 12.5. The Labute approximate surface area is 393 Å². The molecule has 0 fully saturated rings. The number of benzene rings is 11. The van der Waals surface area contributed by atoms with E-state index in [1.165, 1.54) is 124 Å². The molecule has 0 aliphatic rings. The van der Waals surface area contributed by atoms with Crippen molar-refractivity contribution in [3.05, 3.63) is 236 Å². The van der Waals surface area contributed by atoms with Gasteiger partial charge in [-0.05, 0) is 126 Å². The number of hydrogen-bond acceptors (Lipinski definition) is 1. The molecule has 0 bridgehead atoms. The smallest absolute Gasteiger partial charge is 0.0547 e. The highest BCUT2D eigenvalue weighted by Crippen LogP contribution is 2.50. The van der Waals surface area contributed by atoms with Crippen LogP contribution in [-0.2, 0) is 0 Å². The van der Waals surface area contributed by atoms with E-state index in [4.69, 9.17) is 0 Å². The number of nitrogens with zero attached hydrogens (tertiary/aromatic N) is 1. The normalized spacial score (nSPS) is 12.0. The fraction of sp³-hybridized carbons (Fsp3) is 0.0154. The molecule has 0 aliphatic carbocycles. The van der Waals surface area contributed by atoms with Crippen LogP contribution in [-0.4, -0.2) is 4.57 Å². The van der Waals surface area contributed by atoms with E-state index < -0.39 is 0 Å². The molecule has 13 rings (SSSR count). The Bertz CT molecular complexity index is 4110. The molecule has 0 aliphatic heterocycles. The lowest BCUT2D eigenvalue weighted by Crippen LogP contribution is -1.96. The summed E-state index contributed by atoms with van der Waals surface area (Å²) in [6.07, 6.45) is 6.48. The molecule has 2 aromatic heterocycles. The number of thiophene rings is 1. The Hall–Kier alpha value is -8.30. The molecule has 1 nitrogen and oxygen atoms in total. The molecule has 13 aromatic rings. The summed E-state index contributed by atoms with van der Waals surface area (Å²) in [7, 11) is 0. The quantitative estimate of drug-likeness (QED) is 0.141. The van der Waals surface area contributed by atoms with Crippen LogP contribution in [0.15, 0.2) is 225 Å². The molecule has 11 aromatic carbocycles. The molecule has 0 N–H and O–H groups in total. The van der Waals surface area contributed by atoms with E-state index in [1.807, 2.05) is 11.3 Å². The Morgan fingerprint density at radius 3 is 1.55 bits per heavy atom. The zero-order chi connectivity index (χ0) is 44.6. The van der Waals surface area contributed by atoms with Gasteiger partial charge in [-0.3, -0.25) is 0 Å². The molecular weight excluding hydrogens is 827 g/mol. The Morgan fingerprint density at radius 2 is 0.910 bits per heavy atom. The SMILES string of the molecule is C=Cc1c(/C=C\C)c(-c2ccccc2)c2ccccc2c1-c1cccc2c1sc1ccc(-c3c4ccccc4c(-c4ccc5c6ccccc6n(-c6ccccc6)c5c4)c4ccccc34)cc12. The van der Waals surface area contributed by atoms with Crippen molar-refractivity contribution in [1.29, 1.82) is 0 Å². The number of rotatable bonds is 7. The number of aromatic nitrogens is 1. The van der Waals surface area contributed by atoms with E-state index in [-0.39, 0.29) is 0 Å². The summed E-state index contributed by atoms with van der Waals surface area (Å²) in [4.78, 5) is 0. The number of allylic oxidation sites excluding steroid dienone is 1. The molecule has 0 spiro atoms. The van der Waals surface area contributed by atoms with E-state index >= 15 is 0 Å². The second-order valence-electron chi connectivity index (χ2n) is 17.4. The van der Waals surface area contributed by atoms with Gasteiger partial charge in [-0.1, -0.05) is 201 Å². The zero-order valence-corrected chi connectivity index (χ0v) is 37.8. The second kappa shape index (κ2) is 15.7. The van der Waals surface area contributed by atoms with Crippen molar-refractivity contribution >= 4 is 97.8 Å². The van der Waals surface area contributed by atoms with Crippen LogP contribution >= 0.6 is 11.3 Å². The molecule has 0 radical (unpaired) electrons. The Kier molecular flexibility index (Phi) is 9.16. The number of fused-ring (bicyclic) bond motifs is 9. The second-order valence-corrected chi connectivity index (χ2v) is 18.5. The van der Waals surface area contributed by atoms with Gasteiger partial charge in [-0.2, -0.15) is 0 Å². The minimum atomic E-state index is 1.15. The summed E-state index contributed by atoms with van der Waals surface area (Å²) in [5.41, 5.74) is 15.8. The van der Waals surface area contributed by atoms with Gasteiger partial charge in [-0.25, -0.2) is 0 Å². The van der Waals surface area contributed by atoms with Crippen molar-refractivity contribution in [3.63, 3.8) is 0 Å². The molecule has 2 heterocycles. The zero-order valence-electron chi connectivity index (χ0n) is 37.0. The van der Waals surface area contributed by atoms with Gasteiger partial charge < -0.3 is 4.57 Å². The number of para-hydroxylation sites is 2.